The van der Waals surface area contributed by atoms with Crippen LogP contribution in [0.5, 0.6) is 0 Å². The minimum absolute atomic E-state index is 0.0848. The average Bonchev–Trinajstić information content (AvgIpc) is 2.29. The number of rotatable bonds is 3. The second kappa shape index (κ2) is 5.81. The first-order valence-electron chi connectivity index (χ1n) is 6.37. The van der Waals surface area contributed by atoms with Crippen LogP contribution in [0, 0.1) is 0 Å². The second-order valence-corrected chi connectivity index (χ2v) is 8.31. The first-order valence-corrected chi connectivity index (χ1v) is 8.98. The van der Waals surface area contributed by atoms with Crippen LogP contribution in [0.2, 0.25) is 0 Å². The van der Waals surface area contributed by atoms with E-state index in [2.05, 4.69) is 26.9 Å². The Morgan fingerprint density at radius 2 is 2.00 bits per heavy atom. The summed E-state index contributed by atoms with van der Waals surface area (Å²) < 4.78 is 24.0. The molecule has 1 atom stereocenters. The Bertz CT molecular complexity index is 544. The molecule has 1 aromatic rings. The van der Waals surface area contributed by atoms with Crippen LogP contribution in [0.15, 0.2) is 22.7 Å². The second-order valence-electron chi connectivity index (χ2n) is 5.09. The van der Waals surface area contributed by atoms with Gasteiger partial charge < -0.3 is 10.6 Å². The molecule has 0 aliphatic carbocycles. The van der Waals surface area contributed by atoms with Crippen molar-refractivity contribution in [2.24, 2.45) is 5.73 Å². The van der Waals surface area contributed by atoms with Gasteiger partial charge in [-0.25, -0.2) is 8.42 Å². The van der Waals surface area contributed by atoms with Gasteiger partial charge in [-0.2, -0.15) is 0 Å². The molecule has 2 N–H and O–H groups in total. The third kappa shape index (κ3) is 3.94. The Hall–Kier alpha value is -0.590. The largest absolute Gasteiger partial charge is 0.369 e. The highest BCUT2D eigenvalue weighted by Gasteiger charge is 2.23. The van der Waals surface area contributed by atoms with Gasteiger partial charge in [0.05, 0.1) is 11.5 Å². The summed E-state index contributed by atoms with van der Waals surface area (Å²) in [6.07, 6.45) is 0.790. The quantitative estimate of drug-likeness (QED) is 0.902. The van der Waals surface area contributed by atoms with Gasteiger partial charge in [0.1, 0.15) is 0 Å². The van der Waals surface area contributed by atoms with Gasteiger partial charge >= 0.3 is 0 Å². The Labute approximate surface area is 123 Å². The molecule has 1 unspecified atom stereocenters. The summed E-state index contributed by atoms with van der Waals surface area (Å²) >= 11 is 3.47. The monoisotopic (exact) mass is 346 g/mol. The molecule has 1 fully saturated rings. The van der Waals surface area contributed by atoms with E-state index in [4.69, 9.17) is 5.73 Å². The van der Waals surface area contributed by atoms with Gasteiger partial charge in [0.25, 0.3) is 0 Å². The number of hydrogen-bond donors (Lipinski definition) is 1. The van der Waals surface area contributed by atoms with Gasteiger partial charge in [-0.15, -0.1) is 0 Å². The number of halogens is 1. The van der Waals surface area contributed by atoms with Crippen LogP contribution < -0.4 is 10.6 Å². The maximum Gasteiger partial charge on any atom is 0.153 e. The van der Waals surface area contributed by atoms with E-state index in [0.717, 1.165) is 16.6 Å². The number of benzene rings is 1. The zero-order valence-corrected chi connectivity index (χ0v) is 13.4. The van der Waals surface area contributed by atoms with Crippen LogP contribution in [0.3, 0.4) is 0 Å². The molecule has 0 aromatic heterocycles. The van der Waals surface area contributed by atoms with Gasteiger partial charge in [-0.1, -0.05) is 15.9 Å². The molecule has 2 rings (SSSR count). The van der Waals surface area contributed by atoms with Crippen molar-refractivity contribution < 1.29 is 8.42 Å². The van der Waals surface area contributed by atoms with Gasteiger partial charge in [0.15, 0.2) is 9.84 Å². The van der Waals surface area contributed by atoms with Crippen molar-refractivity contribution in [1.29, 1.82) is 0 Å². The normalized spacial score (nSPS) is 20.3. The number of anilines is 1. The molecule has 4 nitrogen and oxygen atoms in total. The van der Waals surface area contributed by atoms with E-state index >= 15 is 0 Å². The predicted octanol–water partition coefficient (Wildman–Crippen LogP) is 1.57. The van der Waals surface area contributed by atoms with Gasteiger partial charge in [-0.3, -0.25) is 0 Å². The zero-order chi connectivity index (χ0) is 14.0. The minimum Gasteiger partial charge on any atom is -0.369 e. The lowest BCUT2D eigenvalue weighted by molar-refractivity contribution is 0.586. The molecule has 0 amide bonds. The van der Waals surface area contributed by atoms with Crippen molar-refractivity contribution in [3.05, 3.63) is 28.2 Å². The lowest BCUT2D eigenvalue weighted by atomic mass is 10.0. The van der Waals surface area contributed by atoms with Crippen molar-refractivity contribution >= 4 is 31.5 Å². The van der Waals surface area contributed by atoms with Gasteiger partial charge in [0, 0.05) is 29.3 Å². The van der Waals surface area contributed by atoms with E-state index < -0.39 is 9.84 Å². The van der Waals surface area contributed by atoms with Crippen molar-refractivity contribution in [2.45, 2.75) is 19.4 Å². The maximum absolute atomic E-state index is 11.5. The molecule has 1 aliphatic rings. The highest BCUT2D eigenvalue weighted by atomic mass is 79.9. The van der Waals surface area contributed by atoms with E-state index in [0.29, 0.717) is 13.1 Å². The maximum atomic E-state index is 11.5. The smallest absolute Gasteiger partial charge is 0.153 e. The molecule has 1 saturated heterocycles. The van der Waals surface area contributed by atoms with Crippen LogP contribution in [0.4, 0.5) is 5.69 Å². The summed E-state index contributed by atoms with van der Waals surface area (Å²) in [6.45, 7) is 3.11. The first kappa shape index (κ1) is 14.8. The van der Waals surface area contributed by atoms with Crippen LogP contribution in [-0.4, -0.2) is 39.1 Å². The molecule has 19 heavy (non-hydrogen) atoms. The molecular weight excluding hydrogens is 328 g/mol. The van der Waals surface area contributed by atoms with Crippen LogP contribution in [-0.2, 0) is 16.3 Å². The summed E-state index contributed by atoms with van der Waals surface area (Å²) in [5.74, 6) is 0.474. The molecule has 1 aliphatic heterocycles. The SMILES string of the molecule is CC(N)Cc1cc(Br)ccc1N1CCS(=O)(=O)CC1. The van der Waals surface area contributed by atoms with Crippen molar-refractivity contribution in [2.75, 3.05) is 29.5 Å². The van der Waals surface area contributed by atoms with E-state index in [1.807, 2.05) is 19.1 Å². The first-order chi connectivity index (χ1) is 8.87. The predicted molar refractivity (Wildman–Crippen MR) is 82.4 cm³/mol. The number of hydrogen-bond acceptors (Lipinski definition) is 4. The van der Waals surface area contributed by atoms with E-state index in [9.17, 15) is 8.42 Å². The summed E-state index contributed by atoms with van der Waals surface area (Å²) in [7, 11) is -2.84. The summed E-state index contributed by atoms with van der Waals surface area (Å²) in [4.78, 5) is 2.14. The van der Waals surface area contributed by atoms with E-state index in [1.54, 1.807) is 0 Å². The van der Waals surface area contributed by atoms with Crippen molar-refractivity contribution in [3.8, 4) is 0 Å². The Morgan fingerprint density at radius 1 is 1.37 bits per heavy atom. The zero-order valence-electron chi connectivity index (χ0n) is 11.0. The third-order valence-electron chi connectivity index (χ3n) is 3.27. The molecular formula is C13H19BrN2O2S. The minimum atomic E-state index is -2.84. The molecule has 106 valence electrons. The Balaban J connectivity index is 2.24. The molecule has 1 aromatic carbocycles. The fourth-order valence-electron chi connectivity index (χ4n) is 2.33. The number of sulfone groups is 1. The molecule has 0 radical (unpaired) electrons. The Kier molecular flexibility index (Phi) is 4.53. The van der Waals surface area contributed by atoms with E-state index in [1.165, 1.54) is 5.56 Å². The fraction of sp³-hybridized carbons (Fsp3) is 0.538. The third-order valence-corrected chi connectivity index (χ3v) is 5.37. The number of nitrogens with two attached hydrogens (primary N) is 1. The summed E-state index contributed by atoms with van der Waals surface area (Å²) in [6, 6.07) is 6.19. The van der Waals surface area contributed by atoms with Crippen LogP contribution >= 0.6 is 15.9 Å². The lowest BCUT2D eigenvalue weighted by Crippen LogP contribution is -2.40. The van der Waals surface area contributed by atoms with Crippen LogP contribution in [0.1, 0.15) is 12.5 Å². The Morgan fingerprint density at radius 3 is 2.58 bits per heavy atom. The topological polar surface area (TPSA) is 63.4 Å². The average molecular weight is 347 g/mol. The molecule has 6 heteroatoms. The molecule has 0 bridgehead atoms. The van der Waals surface area contributed by atoms with Gasteiger partial charge in [-0.05, 0) is 37.1 Å². The highest BCUT2D eigenvalue weighted by molar-refractivity contribution is 9.10. The van der Waals surface area contributed by atoms with Gasteiger partial charge in [0.2, 0.25) is 0 Å². The number of nitrogens with zero attached hydrogens (tertiary/aromatic N) is 1. The fourth-order valence-corrected chi connectivity index (χ4v) is 3.94. The van der Waals surface area contributed by atoms with Crippen LogP contribution in [0.25, 0.3) is 0 Å². The standard InChI is InChI=1S/C13H19BrN2O2S/c1-10(15)8-11-9-12(14)2-3-13(11)16-4-6-19(17,18)7-5-16/h2-3,9-10H,4-8,15H2,1H3. The summed E-state index contributed by atoms with van der Waals surface area (Å²) in [5, 5.41) is 0. The molecule has 0 saturated carbocycles. The van der Waals surface area contributed by atoms with Crippen molar-refractivity contribution in [1.82, 2.24) is 0 Å². The van der Waals surface area contributed by atoms with Crippen molar-refractivity contribution in [3.63, 3.8) is 0 Å². The summed E-state index contributed by atoms with van der Waals surface area (Å²) in [5.41, 5.74) is 8.16. The van der Waals surface area contributed by atoms with E-state index in [-0.39, 0.29) is 17.5 Å². The lowest BCUT2D eigenvalue weighted by Gasteiger charge is -2.31. The molecule has 0 spiro atoms. The highest BCUT2D eigenvalue weighted by Crippen LogP contribution is 2.27. The molecule has 1 heterocycles.